The lowest BCUT2D eigenvalue weighted by Gasteiger charge is -2.25. The molecule has 3 aromatic rings. The summed E-state index contributed by atoms with van der Waals surface area (Å²) < 4.78 is 31.7. The molecule has 1 aromatic heterocycles. The van der Waals surface area contributed by atoms with Crippen LogP contribution in [0.5, 0.6) is 0 Å². The van der Waals surface area contributed by atoms with Crippen LogP contribution in [0.3, 0.4) is 0 Å². The van der Waals surface area contributed by atoms with Gasteiger partial charge >= 0.3 is 12.1 Å². The van der Waals surface area contributed by atoms with Crippen molar-refractivity contribution < 1.29 is 37.5 Å². The highest BCUT2D eigenvalue weighted by Crippen LogP contribution is 2.24. The van der Waals surface area contributed by atoms with Crippen molar-refractivity contribution in [1.82, 2.24) is 15.6 Å². The molecule has 0 spiro atoms. The van der Waals surface area contributed by atoms with Gasteiger partial charge in [-0.15, -0.1) is 0 Å². The monoisotopic (exact) mass is 671 g/mol. The summed E-state index contributed by atoms with van der Waals surface area (Å²) in [7, 11) is 0. The number of pyridine rings is 1. The molecule has 1 unspecified atom stereocenters. The Hall–Kier alpha value is -6.00. The van der Waals surface area contributed by atoms with E-state index in [-0.39, 0.29) is 24.8 Å². The third-order valence-corrected chi connectivity index (χ3v) is 6.64. The van der Waals surface area contributed by atoms with Crippen molar-refractivity contribution in [1.29, 1.82) is 5.41 Å². The van der Waals surface area contributed by atoms with E-state index in [1.165, 1.54) is 0 Å². The minimum absolute atomic E-state index is 0.0553. The van der Waals surface area contributed by atoms with Crippen LogP contribution in [-0.4, -0.2) is 64.3 Å². The van der Waals surface area contributed by atoms with Crippen molar-refractivity contribution in [2.75, 3.05) is 6.54 Å². The molecule has 3 rings (SSSR count). The number of primary amides is 1. The summed E-state index contributed by atoms with van der Waals surface area (Å²) in [5.41, 5.74) is 24.4. The molecule has 2 aromatic carbocycles. The third-order valence-electron chi connectivity index (χ3n) is 6.64. The first-order chi connectivity index (χ1) is 22.6. The van der Waals surface area contributed by atoms with Gasteiger partial charge in [0.25, 0.3) is 0 Å². The number of hydrogen-bond donors (Lipinski definition) is 8. The van der Waals surface area contributed by atoms with E-state index in [9.17, 15) is 27.6 Å². The van der Waals surface area contributed by atoms with Crippen LogP contribution in [0.1, 0.15) is 47.1 Å². The molecule has 256 valence electrons. The molecule has 0 radical (unpaired) electrons. The fourth-order valence-corrected chi connectivity index (χ4v) is 4.23. The van der Waals surface area contributed by atoms with E-state index in [1.807, 2.05) is 0 Å². The van der Waals surface area contributed by atoms with Crippen LogP contribution >= 0.6 is 0 Å². The van der Waals surface area contributed by atoms with E-state index in [0.29, 0.717) is 29.5 Å². The second-order valence-corrected chi connectivity index (χ2v) is 10.2. The summed E-state index contributed by atoms with van der Waals surface area (Å²) in [5, 5.41) is 20.3. The zero-order valence-electron chi connectivity index (χ0n) is 25.5. The van der Waals surface area contributed by atoms with Crippen molar-refractivity contribution in [3.05, 3.63) is 101 Å². The Labute approximate surface area is 273 Å². The van der Waals surface area contributed by atoms with Gasteiger partial charge in [0.05, 0.1) is 5.92 Å². The van der Waals surface area contributed by atoms with Gasteiger partial charge < -0.3 is 38.7 Å². The molecule has 0 aliphatic rings. The number of carboxylic acid groups (broad SMARTS) is 1. The van der Waals surface area contributed by atoms with Crippen molar-refractivity contribution >= 4 is 35.5 Å². The molecule has 0 fully saturated rings. The molecule has 0 saturated carbocycles. The van der Waals surface area contributed by atoms with Crippen LogP contribution in [0.2, 0.25) is 0 Å². The first kappa shape index (κ1) is 38.2. The highest BCUT2D eigenvalue weighted by molar-refractivity contribution is 5.95. The average Bonchev–Trinajstić information content (AvgIpc) is 3.04. The van der Waals surface area contributed by atoms with Crippen LogP contribution < -0.4 is 33.6 Å². The number of nitrogens with two attached hydrogens (primary N) is 4. The fraction of sp³-hybridized carbons (Fsp3) is 0.258. The number of nitrogens with one attached hydrogen (secondary N) is 3. The molecule has 12 N–H and O–H groups in total. The third kappa shape index (κ3) is 12.8. The normalized spacial score (nSPS) is 12.6. The minimum Gasteiger partial charge on any atom is -0.475 e. The first-order valence-electron chi connectivity index (χ1n) is 14.2. The predicted octanol–water partition coefficient (Wildman–Crippen LogP) is 1.21. The van der Waals surface area contributed by atoms with Crippen LogP contribution in [-0.2, 0) is 25.6 Å². The Kier molecular flexibility index (Phi) is 14.5. The predicted molar refractivity (Wildman–Crippen MR) is 170 cm³/mol. The number of hydrogen-bond acceptors (Lipinski definition) is 7. The van der Waals surface area contributed by atoms with Gasteiger partial charge in [-0.25, -0.2) is 4.79 Å². The van der Waals surface area contributed by atoms with Crippen LogP contribution in [0, 0.1) is 5.41 Å². The first-order valence-corrected chi connectivity index (χ1v) is 14.2. The molecule has 0 saturated heterocycles. The van der Waals surface area contributed by atoms with Gasteiger partial charge in [0, 0.05) is 24.5 Å². The summed E-state index contributed by atoms with van der Waals surface area (Å²) in [6.45, 7) is 0.265. The van der Waals surface area contributed by atoms with Gasteiger partial charge in [0.15, 0.2) is 5.96 Å². The zero-order chi connectivity index (χ0) is 35.9. The van der Waals surface area contributed by atoms with E-state index in [0.717, 1.165) is 5.56 Å². The minimum atomic E-state index is -5.08. The van der Waals surface area contributed by atoms with Crippen LogP contribution in [0.25, 0.3) is 0 Å². The van der Waals surface area contributed by atoms with Crippen LogP contribution in [0.15, 0.2) is 84.1 Å². The molecule has 1 heterocycles. The molecule has 3 atom stereocenters. The van der Waals surface area contributed by atoms with Crippen molar-refractivity contribution in [2.24, 2.45) is 27.9 Å². The number of amidine groups is 1. The largest absolute Gasteiger partial charge is 0.490 e. The summed E-state index contributed by atoms with van der Waals surface area (Å²) in [5.74, 6) is -5.31. The number of guanidine groups is 1. The highest BCUT2D eigenvalue weighted by atomic mass is 19.4. The number of amides is 3. The lowest BCUT2D eigenvalue weighted by Crippen LogP contribution is -2.50. The number of nitrogens with zero attached hydrogens (tertiary/aromatic N) is 2. The lowest BCUT2D eigenvalue weighted by molar-refractivity contribution is -0.192. The summed E-state index contributed by atoms with van der Waals surface area (Å²) >= 11 is 0. The number of halogens is 3. The number of carboxylic acids is 1. The SMILES string of the molecule is N=C(N)c1ccc(C[C@H](C(=O)N[C@H](C(=O)NC(CCCN=C(N)N)C(N)=O)c2ccccc2)c2cccnc2)cc1.O=C(O)C(F)(F)F. The molecular formula is C31H36F3N9O5. The molecule has 3 amide bonds. The molecule has 14 nitrogen and oxygen atoms in total. The van der Waals surface area contributed by atoms with Crippen LogP contribution in [0.4, 0.5) is 13.2 Å². The van der Waals surface area contributed by atoms with E-state index in [4.69, 9.17) is 38.2 Å². The number of aliphatic carboxylic acids is 1. The topological polar surface area (TPSA) is 266 Å². The maximum atomic E-state index is 13.8. The standard InChI is InChI=1S/C29H35N9O3.C2HF3O2/c30-25(31)20-12-10-18(11-13-20)16-22(21-8-4-14-35-17-21)27(40)38-24(19-6-2-1-3-7-19)28(41)37-23(26(32)39)9-5-15-36-29(33)34;3-2(4,5)1(6)7/h1-4,6-8,10-14,17,22-24H,5,9,15-16H2,(H3,30,31)(H2,32,39)(H,37,41)(H,38,40)(H4,33,34,36);(H,6,7)/t22-,23?,24-;/m0./s1. The van der Waals surface area contributed by atoms with E-state index in [1.54, 1.807) is 79.1 Å². The average molecular weight is 672 g/mol. The number of nitrogen functional groups attached to an aromatic ring is 1. The van der Waals surface area contributed by atoms with Crippen molar-refractivity contribution in [3.63, 3.8) is 0 Å². The molecule has 48 heavy (non-hydrogen) atoms. The summed E-state index contributed by atoms with van der Waals surface area (Å²) in [6.07, 6.45) is -0.960. The molecule has 0 aliphatic carbocycles. The fourth-order valence-electron chi connectivity index (χ4n) is 4.23. The van der Waals surface area contributed by atoms with E-state index < -0.39 is 47.9 Å². The number of carbonyl (C=O) groups is 4. The number of benzene rings is 2. The highest BCUT2D eigenvalue weighted by Gasteiger charge is 2.38. The van der Waals surface area contributed by atoms with Gasteiger partial charge in [-0.1, -0.05) is 60.7 Å². The van der Waals surface area contributed by atoms with Gasteiger partial charge in [0.1, 0.15) is 17.9 Å². The Bertz CT molecular complexity index is 1570. The van der Waals surface area contributed by atoms with Crippen molar-refractivity contribution in [2.45, 2.75) is 43.4 Å². The second kappa shape index (κ2) is 18.2. The number of rotatable bonds is 14. The van der Waals surface area contributed by atoms with E-state index in [2.05, 4.69) is 20.6 Å². The van der Waals surface area contributed by atoms with E-state index >= 15 is 0 Å². The molecule has 0 aliphatic heterocycles. The number of aromatic nitrogens is 1. The van der Waals surface area contributed by atoms with Gasteiger partial charge in [-0.3, -0.25) is 29.8 Å². The second-order valence-electron chi connectivity index (χ2n) is 10.2. The smallest absolute Gasteiger partial charge is 0.475 e. The maximum absolute atomic E-state index is 13.8. The number of carbonyl (C=O) groups excluding carboxylic acids is 3. The van der Waals surface area contributed by atoms with Gasteiger partial charge in [-0.05, 0) is 42.0 Å². The van der Waals surface area contributed by atoms with Gasteiger partial charge in [0.2, 0.25) is 17.7 Å². The maximum Gasteiger partial charge on any atom is 0.490 e. The molecular weight excluding hydrogens is 635 g/mol. The Balaban J connectivity index is 0.00000103. The lowest BCUT2D eigenvalue weighted by atomic mass is 9.91. The Morgan fingerprint density at radius 2 is 1.48 bits per heavy atom. The summed E-state index contributed by atoms with van der Waals surface area (Å²) in [6, 6.07) is 17.2. The Morgan fingerprint density at radius 1 is 0.875 bits per heavy atom. The molecule has 0 bridgehead atoms. The summed E-state index contributed by atoms with van der Waals surface area (Å²) in [4.78, 5) is 56.4. The van der Waals surface area contributed by atoms with Crippen molar-refractivity contribution in [3.8, 4) is 0 Å². The quantitative estimate of drug-likeness (QED) is 0.0694. The number of aliphatic imine (C=N–C) groups is 1. The zero-order valence-corrected chi connectivity index (χ0v) is 25.5. The number of alkyl halides is 3. The molecule has 17 heteroatoms. The Morgan fingerprint density at radius 3 is 1.98 bits per heavy atom. The van der Waals surface area contributed by atoms with Gasteiger partial charge in [-0.2, -0.15) is 13.2 Å².